The highest BCUT2D eigenvalue weighted by molar-refractivity contribution is 6.07. The lowest BCUT2D eigenvalue weighted by atomic mass is 10.0. The Bertz CT molecular complexity index is 1060. The second-order valence-corrected chi connectivity index (χ2v) is 7.29. The molecule has 5 heteroatoms. The predicted octanol–water partition coefficient (Wildman–Crippen LogP) is 3.91. The highest BCUT2D eigenvalue weighted by atomic mass is 16.2. The van der Waals surface area contributed by atoms with Crippen LogP contribution >= 0.6 is 0 Å². The summed E-state index contributed by atoms with van der Waals surface area (Å²) in [5.41, 5.74) is 4.99. The molecule has 0 fully saturated rings. The molecule has 0 saturated heterocycles. The summed E-state index contributed by atoms with van der Waals surface area (Å²) in [6, 6.07) is 19.1. The SMILES string of the molecule is Cc1cccc(CNC(=O)c2ccnc(C(=O)N3CCCc4ccccc43)c2)c1. The number of aromatic nitrogens is 1. The third kappa shape index (κ3) is 4.19. The number of rotatable bonds is 4. The molecule has 1 aromatic heterocycles. The van der Waals surface area contributed by atoms with Gasteiger partial charge in [0.2, 0.25) is 0 Å². The van der Waals surface area contributed by atoms with Crippen molar-refractivity contribution in [3.8, 4) is 0 Å². The molecule has 0 unspecified atom stereocenters. The van der Waals surface area contributed by atoms with Crippen LogP contribution in [0.2, 0.25) is 0 Å². The molecule has 3 aromatic rings. The normalized spacial score (nSPS) is 12.9. The number of carbonyl (C=O) groups excluding carboxylic acids is 2. The second kappa shape index (κ2) is 8.27. The van der Waals surface area contributed by atoms with E-state index >= 15 is 0 Å². The fourth-order valence-corrected chi connectivity index (χ4v) is 3.68. The number of hydrogen-bond acceptors (Lipinski definition) is 3. The molecule has 0 bridgehead atoms. The van der Waals surface area contributed by atoms with Crippen molar-refractivity contribution in [2.75, 3.05) is 11.4 Å². The maximum Gasteiger partial charge on any atom is 0.276 e. The first-order chi connectivity index (χ1) is 14.1. The van der Waals surface area contributed by atoms with Gasteiger partial charge in [0.05, 0.1) is 0 Å². The molecule has 0 atom stereocenters. The lowest BCUT2D eigenvalue weighted by Gasteiger charge is -2.29. The zero-order valence-corrected chi connectivity index (χ0v) is 16.4. The standard InChI is InChI=1S/C24H23N3O2/c1-17-6-4-7-18(14-17)16-26-23(28)20-11-12-25-21(15-20)24(29)27-13-5-9-19-8-2-3-10-22(19)27/h2-4,6-8,10-12,14-15H,5,9,13,16H2,1H3,(H,26,28). The number of amides is 2. The van der Waals surface area contributed by atoms with Crippen LogP contribution in [0.15, 0.2) is 66.9 Å². The number of benzene rings is 2. The van der Waals surface area contributed by atoms with Gasteiger partial charge < -0.3 is 10.2 Å². The molecule has 2 aromatic carbocycles. The van der Waals surface area contributed by atoms with E-state index in [1.54, 1.807) is 17.0 Å². The summed E-state index contributed by atoms with van der Waals surface area (Å²) in [5.74, 6) is -0.396. The molecule has 4 rings (SSSR count). The number of carbonyl (C=O) groups is 2. The molecular formula is C24H23N3O2. The summed E-state index contributed by atoms with van der Waals surface area (Å²) < 4.78 is 0. The third-order valence-corrected chi connectivity index (χ3v) is 5.13. The van der Waals surface area contributed by atoms with E-state index in [2.05, 4.69) is 16.4 Å². The molecule has 29 heavy (non-hydrogen) atoms. The number of nitrogens with one attached hydrogen (secondary N) is 1. The van der Waals surface area contributed by atoms with Gasteiger partial charge in [0.1, 0.15) is 5.69 Å². The molecule has 1 aliphatic heterocycles. The van der Waals surface area contributed by atoms with Crippen LogP contribution in [0.25, 0.3) is 0 Å². The van der Waals surface area contributed by atoms with Gasteiger partial charge in [0.15, 0.2) is 0 Å². The van der Waals surface area contributed by atoms with Gasteiger partial charge in [-0.05, 0) is 49.1 Å². The smallest absolute Gasteiger partial charge is 0.276 e. The fourth-order valence-electron chi connectivity index (χ4n) is 3.68. The fraction of sp³-hybridized carbons (Fsp3) is 0.208. The Morgan fingerprint density at radius 2 is 1.93 bits per heavy atom. The van der Waals surface area contributed by atoms with Crippen LogP contribution in [-0.2, 0) is 13.0 Å². The number of anilines is 1. The van der Waals surface area contributed by atoms with Gasteiger partial charge in [-0.3, -0.25) is 14.6 Å². The van der Waals surface area contributed by atoms with Gasteiger partial charge in [-0.15, -0.1) is 0 Å². The molecule has 0 radical (unpaired) electrons. The van der Waals surface area contributed by atoms with E-state index in [0.29, 0.717) is 18.7 Å². The van der Waals surface area contributed by atoms with Gasteiger partial charge in [0.25, 0.3) is 11.8 Å². The van der Waals surface area contributed by atoms with Crippen LogP contribution < -0.4 is 10.2 Å². The molecular weight excluding hydrogens is 362 g/mol. The third-order valence-electron chi connectivity index (χ3n) is 5.13. The maximum atomic E-state index is 13.1. The van der Waals surface area contributed by atoms with E-state index in [4.69, 9.17) is 0 Å². The Morgan fingerprint density at radius 1 is 1.07 bits per heavy atom. The van der Waals surface area contributed by atoms with E-state index in [0.717, 1.165) is 29.7 Å². The Labute approximate surface area is 170 Å². The molecule has 5 nitrogen and oxygen atoms in total. The number of aryl methyl sites for hydroxylation is 2. The van der Waals surface area contributed by atoms with Crippen molar-refractivity contribution in [2.24, 2.45) is 0 Å². The summed E-state index contributed by atoms with van der Waals surface area (Å²) in [6.07, 6.45) is 3.40. The first-order valence-corrected chi connectivity index (χ1v) is 9.81. The maximum absolute atomic E-state index is 13.1. The van der Waals surface area contributed by atoms with Gasteiger partial charge in [-0.25, -0.2) is 0 Å². The van der Waals surface area contributed by atoms with Crippen LogP contribution in [0.3, 0.4) is 0 Å². The zero-order valence-electron chi connectivity index (χ0n) is 16.4. The second-order valence-electron chi connectivity index (χ2n) is 7.29. The van der Waals surface area contributed by atoms with Crippen LogP contribution in [-0.4, -0.2) is 23.3 Å². The first kappa shape index (κ1) is 18.9. The van der Waals surface area contributed by atoms with Crippen LogP contribution in [0.1, 0.15) is 44.0 Å². The summed E-state index contributed by atoms with van der Waals surface area (Å²) in [4.78, 5) is 31.7. The number of nitrogens with zero attached hydrogens (tertiary/aromatic N) is 2. The van der Waals surface area contributed by atoms with Crippen molar-refractivity contribution in [1.29, 1.82) is 0 Å². The predicted molar refractivity (Wildman–Crippen MR) is 113 cm³/mol. The Hall–Kier alpha value is -3.47. The summed E-state index contributed by atoms with van der Waals surface area (Å²) in [5, 5.41) is 2.91. The molecule has 2 amide bonds. The number of hydrogen-bond donors (Lipinski definition) is 1. The molecule has 0 saturated carbocycles. The largest absolute Gasteiger partial charge is 0.348 e. The monoisotopic (exact) mass is 385 g/mol. The topological polar surface area (TPSA) is 62.3 Å². The van der Waals surface area contributed by atoms with Gasteiger partial charge in [0, 0.05) is 30.5 Å². The molecule has 0 aliphatic carbocycles. The van der Waals surface area contributed by atoms with Crippen molar-refractivity contribution in [1.82, 2.24) is 10.3 Å². The number of fused-ring (bicyclic) bond motifs is 1. The van der Waals surface area contributed by atoms with Crippen molar-refractivity contribution in [3.63, 3.8) is 0 Å². The van der Waals surface area contributed by atoms with Crippen LogP contribution in [0.4, 0.5) is 5.69 Å². The molecule has 0 spiro atoms. The molecule has 2 heterocycles. The number of para-hydroxylation sites is 1. The highest BCUT2D eigenvalue weighted by Gasteiger charge is 2.24. The minimum absolute atomic E-state index is 0.175. The van der Waals surface area contributed by atoms with Crippen LogP contribution in [0.5, 0.6) is 0 Å². The number of pyridine rings is 1. The Balaban J connectivity index is 1.50. The zero-order chi connectivity index (χ0) is 20.2. The van der Waals surface area contributed by atoms with Crippen molar-refractivity contribution in [2.45, 2.75) is 26.3 Å². The minimum atomic E-state index is -0.220. The first-order valence-electron chi connectivity index (χ1n) is 9.81. The average molecular weight is 385 g/mol. The lowest BCUT2D eigenvalue weighted by molar-refractivity contribution is 0.0950. The summed E-state index contributed by atoms with van der Waals surface area (Å²) in [7, 11) is 0. The van der Waals surface area contributed by atoms with Gasteiger partial charge in [-0.2, -0.15) is 0 Å². The van der Waals surface area contributed by atoms with Crippen molar-refractivity contribution < 1.29 is 9.59 Å². The minimum Gasteiger partial charge on any atom is -0.348 e. The summed E-state index contributed by atoms with van der Waals surface area (Å²) in [6.45, 7) is 3.11. The van der Waals surface area contributed by atoms with Gasteiger partial charge in [-0.1, -0.05) is 48.0 Å². The van der Waals surface area contributed by atoms with E-state index in [9.17, 15) is 9.59 Å². The van der Waals surface area contributed by atoms with Crippen molar-refractivity contribution in [3.05, 3.63) is 94.8 Å². The van der Waals surface area contributed by atoms with Crippen molar-refractivity contribution >= 4 is 17.5 Å². The van der Waals surface area contributed by atoms with E-state index in [-0.39, 0.29) is 17.5 Å². The molecule has 146 valence electrons. The van der Waals surface area contributed by atoms with E-state index < -0.39 is 0 Å². The Morgan fingerprint density at radius 3 is 2.79 bits per heavy atom. The Kier molecular flexibility index (Phi) is 5.38. The lowest BCUT2D eigenvalue weighted by Crippen LogP contribution is -2.36. The van der Waals surface area contributed by atoms with Crippen LogP contribution in [0, 0.1) is 6.92 Å². The van der Waals surface area contributed by atoms with E-state index in [1.807, 2.05) is 49.4 Å². The quantitative estimate of drug-likeness (QED) is 0.741. The highest BCUT2D eigenvalue weighted by Crippen LogP contribution is 2.27. The summed E-state index contributed by atoms with van der Waals surface area (Å²) >= 11 is 0. The van der Waals surface area contributed by atoms with Gasteiger partial charge >= 0.3 is 0 Å². The molecule has 1 aliphatic rings. The van der Waals surface area contributed by atoms with E-state index in [1.165, 1.54) is 11.8 Å². The molecule has 1 N–H and O–H groups in total. The average Bonchev–Trinajstić information content (AvgIpc) is 2.76.